The SMILES string of the molecule is CCOC(=O)c1c(NC(=O)Cn2nc(C(F)F)c(Cl)c2C2CC2)sc(C)c1C. The number of carbonyl (C=O) groups is 2. The third-order valence-corrected chi connectivity index (χ3v) is 6.05. The second kappa shape index (κ2) is 8.16. The molecule has 0 atom stereocenters. The van der Waals surface area contributed by atoms with Crippen LogP contribution in [0.15, 0.2) is 0 Å². The number of thiophene rings is 1. The highest BCUT2D eigenvalue weighted by atomic mass is 35.5. The first-order chi connectivity index (χ1) is 13.2. The van der Waals surface area contributed by atoms with Gasteiger partial charge < -0.3 is 10.1 Å². The van der Waals surface area contributed by atoms with Crippen molar-refractivity contribution in [3.63, 3.8) is 0 Å². The van der Waals surface area contributed by atoms with E-state index in [4.69, 9.17) is 16.3 Å². The number of esters is 1. The summed E-state index contributed by atoms with van der Waals surface area (Å²) in [5.41, 5.74) is 1.01. The molecule has 3 rings (SSSR count). The predicted molar refractivity (Wildman–Crippen MR) is 103 cm³/mol. The molecule has 2 heterocycles. The van der Waals surface area contributed by atoms with Gasteiger partial charge >= 0.3 is 5.97 Å². The van der Waals surface area contributed by atoms with Gasteiger partial charge in [0, 0.05) is 10.8 Å². The Morgan fingerprint density at radius 3 is 2.64 bits per heavy atom. The van der Waals surface area contributed by atoms with E-state index in [0.29, 0.717) is 16.3 Å². The third kappa shape index (κ3) is 4.05. The molecule has 1 amide bonds. The van der Waals surface area contributed by atoms with Crippen molar-refractivity contribution in [2.24, 2.45) is 0 Å². The zero-order valence-corrected chi connectivity index (χ0v) is 17.2. The maximum Gasteiger partial charge on any atom is 0.341 e. The van der Waals surface area contributed by atoms with Crippen LogP contribution in [0.3, 0.4) is 0 Å². The fourth-order valence-electron chi connectivity index (χ4n) is 2.95. The highest BCUT2D eigenvalue weighted by molar-refractivity contribution is 7.16. The van der Waals surface area contributed by atoms with Crippen LogP contribution in [0.4, 0.5) is 13.8 Å². The van der Waals surface area contributed by atoms with E-state index in [1.807, 2.05) is 6.92 Å². The van der Waals surface area contributed by atoms with Gasteiger partial charge in [-0.2, -0.15) is 5.10 Å². The summed E-state index contributed by atoms with van der Waals surface area (Å²) in [4.78, 5) is 25.7. The Bertz CT molecular complexity index is 922. The largest absolute Gasteiger partial charge is 0.462 e. The summed E-state index contributed by atoms with van der Waals surface area (Å²) in [6.07, 6.45) is -1.16. The fraction of sp³-hybridized carbons (Fsp3) is 0.500. The number of hydrogen-bond acceptors (Lipinski definition) is 5. The van der Waals surface area contributed by atoms with Gasteiger partial charge in [-0.3, -0.25) is 9.48 Å². The molecule has 10 heteroatoms. The number of aryl methyl sites for hydroxylation is 1. The minimum Gasteiger partial charge on any atom is -0.462 e. The molecule has 0 radical (unpaired) electrons. The smallest absolute Gasteiger partial charge is 0.341 e. The molecule has 1 aliphatic carbocycles. The monoisotopic (exact) mass is 431 g/mol. The lowest BCUT2D eigenvalue weighted by molar-refractivity contribution is -0.116. The average molecular weight is 432 g/mol. The van der Waals surface area contributed by atoms with Gasteiger partial charge in [-0.15, -0.1) is 11.3 Å². The van der Waals surface area contributed by atoms with Crippen molar-refractivity contribution in [1.82, 2.24) is 9.78 Å². The lowest BCUT2D eigenvalue weighted by Gasteiger charge is -2.09. The number of rotatable bonds is 7. The van der Waals surface area contributed by atoms with Crippen molar-refractivity contribution < 1.29 is 23.1 Å². The van der Waals surface area contributed by atoms with E-state index in [1.54, 1.807) is 13.8 Å². The Labute approximate surface area is 169 Å². The van der Waals surface area contributed by atoms with Crippen molar-refractivity contribution in [2.45, 2.75) is 52.5 Å². The number of nitrogens with zero attached hydrogens (tertiary/aromatic N) is 2. The minimum atomic E-state index is -2.81. The van der Waals surface area contributed by atoms with Crippen molar-refractivity contribution in [1.29, 1.82) is 0 Å². The van der Waals surface area contributed by atoms with E-state index in [-0.39, 0.29) is 24.1 Å². The van der Waals surface area contributed by atoms with Crippen LogP contribution in [-0.4, -0.2) is 28.3 Å². The Morgan fingerprint density at radius 2 is 2.07 bits per heavy atom. The van der Waals surface area contributed by atoms with Crippen LogP contribution in [0, 0.1) is 13.8 Å². The molecule has 1 saturated carbocycles. The highest BCUT2D eigenvalue weighted by Gasteiger charge is 2.34. The van der Waals surface area contributed by atoms with Crippen molar-refractivity contribution >= 4 is 39.8 Å². The van der Waals surface area contributed by atoms with Gasteiger partial charge in [0.1, 0.15) is 17.2 Å². The number of aromatic nitrogens is 2. The first kappa shape index (κ1) is 20.7. The van der Waals surface area contributed by atoms with Crippen LogP contribution in [0.5, 0.6) is 0 Å². The summed E-state index contributed by atoms with van der Waals surface area (Å²) in [5.74, 6) is -0.948. The van der Waals surface area contributed by atoms with Gasteiger partial charge in [-0.1, -0.05) is 11.6 Å². The van der Waals surface area contributed by atoms with E-state index in [9.17, 15) is 18.4 Å². The zero-order valence-electron chi connectivity index (χ0n) is 15.6. The molecule has 2 aromatic rings. The molecule has 2 aromatic heterocycles. The summed E-state index contributed by atoms with van der Waals surface area (Å²) in [6, 6.07) is 0. The van der Waals surface area contributed by atoms with Gasteiger partial charge in [0.05, 0.1) is 22.9 Å². The third-order valence-electron chi connectivity index (χ3n) is 4.54. The number of halogens is 3. The second-order valence-electron chi connectivity index (χ2n) is 6.57. The highest BCUT2D eigenvalue weighted by Crippen LogP contribution is 2.45. The summed E-state index contributed by atoms with van der Waals surface area (Å²) < 4.78 is 32.6. The van der Waals surface area contributed by atoms with Gasteiger partial charge in [0.2, 0.25) is 5.91 Å². The van der Waals surface area contributed by atoms with Gasteiger partial charge in [0.15, 0.2) is 0 Å². The molecule has 0 saturated heterocycles. The fourth-order valence-corrected chi connectivity index (χ4v) is 4.38. The van der Waals surface area contributed by atoms with E-state index in [2.05, 4.69) is 10.4 Å². The minimum absolute atomic E-state index is 0.0432. The zero-order chi connectivity index (χ0) is 20.6. The van der Waals surface area contributed by atoms with Crippen LogP contribution < -0.4 is 5.32 Å². The lowest BCUT2D eigenvalue weighted by atomic mass is 10.1. The molecule has 1 N–H and O–H groups in total. The molecule has 0 bridgehead atoms. The van der Waals surface area contributed by atoms with Crippen LogP contribution >= 0.6 is 22.9 Å². The molecule has 0 aromatic carbocycles. The Kier molecular flexibility index (Phi) is 6.04. The summed E-state index contributed by atoms with van der Waals surface area (Å²) >= 11 is 7.34. The molecular weight excluding hydrogens is 412 g/mol. The molecule has 1 aliphatic rings. The molecule has 28 heavy (non-hydrogen) atoms. The summed E-state index contributed by atoms with van der Waals surface area (Å²) in [7, 11) is 0. The van der Waals surface area contributed by atoms with Gasteiger partial charge in [0.25, 0.3) is 6.43 Å². The maximum absolute atomic E-state index is 13.1. The van der Waals surface area contributed by atoms with Crippen molar-refractivity contribution in [2.75, 3.05) is 11.9 Å². The first-order valence-corrected chi connectivity index (χ1v) is 10.0. The topological polar surface area (TPSA) is 73.2 Å². The van der Waals surface area contributed by atoms with E-state index in [1.165, 1.54) is 16.0 Å². The second-order valence-corrected chi connectivity index (χ2v) is 8.18. The maximum atomic E-state index is 13.1. The first-order valence-electron chi connectivity index (χ1n) is 8.85. The number of amides is 1. The van der Waals surface area contributed by atoms with E-state index >= 15 is 0 Å². The quantitative estimate of drug-likeness (QED) is 0.636. The standard InChI is InChI=1S/C18H20ClF2N3O3S/c1-4-27-18(26)12-8(2)9(3)28-17(12)22-11(25)7-24-15(10-5-6-10)13(19)14(23-24)16(20)21/h10,16H,4-7H2,1-3H3,(H,22,25). The Balaban J connectivity index is 1.83. The molecule has 152 valence electrons. The average Bonchev–Trinajstić information content (AvgIpc) is 3.33. The number of anilines is 1. The van der Waals surface area contributed by atoms with Crippen LogP contribution in [0.2, 0.25) is 5.02 Å². The lowest BCUT2D eigenvalue weighted by Crippen LogP contribution is -2.21. The molecule has 6 nitrogen and oxygen atoms in total. The molecular formula is C18H20ClF2N3O3S. The van der Waals surface area contributed by atoms with Gasteiger partial charge in [-0.05, 0) is 39.2 Å². The number of nitrogens with one attached hydrogen (secondary N) is 1. The van der Waals surface area contributed by atoms with E-state index in [0.717, 1.165) is 23.3 Å². The Hall–Kier alpha value is -2.00. The summed E-state index contributed by atoms with van der Waals surface area (Å²) in [5, 5.41) is 6.84. The van der Waals surface area contributed by atoms with Gasteiger partial charge in [-0.25, -0.2) is 13.6 Å². The van der Waals surface area contributed by atoms with Crippen LogP contribution in [0.25, 0.3) is 0 Å². The number of alkyl halides is 2. The van der Waals surface area contributed by atoms with Crippen LogP contribution in [0.1, 0.15) is 64.3 Å². The summed E-state index contributed by atoms with van der Waals surface area (Å²) in [6.45, 7) is 5.27. The molecule has 1 fully saturated rings. The predicted octanol–water partition coefficient (Wildman–Crippen LogP) is 4.85. The Morgan fingerprint density at radius 1 is 1.39 bits per heavy atom. The van der Waals surface area contributed by atoms with Crippen molar-refractivity contribution in [3.05, 3.63) is 32.4 Å². The molecule has 0 aliphatic heterocycles. The van der Waals surface area contributed by atoms with Crippen molar-refractivity contribution in [3.8, 4) is 0 Å². The number of hydrogen-bond donors (Lipinski definition) is 1. The van der Waals surface area contributed by atoms with Crippen LogP contribution in [-0.2, 0) is 16.1 Å². The normalized spacial score (nSPS) is 13.8. The number of carbonyl (C=O) groups excluding carboxylic acids is 2. The molecule has 0 spiro atoms. The van der Waals surface area contributed by atoms with E-state index < -0.39 is 24.0 Å². The molecule has 0 unspecified atom stereocenters. The number of ether oxygens (including phenoxy) is 1.